The molecule has 1 unspecified atom stereocenters. The Kier molecular flexibility index (Phi) is 11.8. The third-order valence-electron chi connectivity index (χ3n) is 8.01. The van der Waals surface area contributed by atoms with Crippen molar-refractivity contribution in [1.29, 1.82) is 0 Å². The van der Waals surface area contributed by atoms with Gasteiger partial charge in [-0.25, -0.2) is 8.78 Å². The highest BCUT2D eigenvalue weighted by atomic mass is 19.1. The molecule has 1 aromatic carbocycles. The second kappa shape index (κ2) is 15.2. The molecule has 1 aromatic rings. The van der Waals surface area contributed by atoms with Crippen LogP contribution in [0.2, 0.25) is 0 Å². The lowest BCUT2D eigenvalue weighted by Gasteiger charge is -2.27. The first kappa shape index (κ1) is 30.9. The highest BCUT2D eigenvalue weighted by Crippen LogP contribution is 2.42. The van der Waals surface area contributed by atoms with Gasteiger partial charge in [0.25, 0.3) is 0 Å². The molecule has 7 nitrogen and oxygen atoms in total. The number of halogens is 2. The summed E-state index contributed by atoms with van der Waals surface area (Å²) in [4.78, 5) is 11.9. The lowest BCUT2D eigenvalue weighted by molar-refractivity contribution is -0.183. The molecule has 0 aromatic heterocycles. The van der Waals surface area contributed by atoms with Gasteiger partial charge in [0.05, 0.1) is 18.3 Å². The Hall–Kier alpha value is -2.07. The Morgan fingerprint density at radius 3 is 2.80 bits per heavy atom. The lowest BCUT2D eigenvalue weighted by Crippen LogP contribution is -2.31. The van der Waals surface area contributed by atoms with Crippen LogP contribution in [0.25, 0.3) is 0 Å². The number of rotatable bonds is 12. The van der Waals surface area contributed by atoms with Gasteiger partial charge in [-0.2, -0.15) is 0 Å². The van der Waals surface area contributed by atoms with Crippen molar-refractivity contribution in [2.75, 3.05) is 19.8 Å². The number of ether oxygens (including phenoxy) is 5. The summed E-state index contributed by atoms with van der Waals surface area (Å²) in [5.74, 6) is -1.14. The maximum absolute atomic E-state index is 14.1. The molecule has 3 aliphatic rings. The molecule has 0 bridgehead atoms. The van der Waals surface area contributed by atoms with Gasteiger partial charge in [0.15, 0.2) is 17.9 Å². The smallest absolute Gasteiger partial charge is 0.306 e. The minimum Gasteiger partial charge on any atom is -0.487 e. The SMILES string of the molecule is CC(C)OC(=O)CCC[C@H]1CC[C@@H]2[C@@H](/C=C/[C@H](COc3cc(F)ccc3F)OC3CCCCO3)[C@@H](O)C[C@@H]2OC1. The molecule has 1 N–H and O–H groups in total. The van der Waals surface area contributed by atoms with Crippen molar-refractivity contribution in [2.24, 2.45) is 17.8 Å². The van der Waals surface area contributed by atoms with E-state index >= 15 is 0 Å². The fraction of sp³-hybridized carbons (Fsp3) is 0.710. The van der Waals surface area contributed by atoms with Gasteiger partial charge in [0, 0.05) is 38.0 Å². The molecule has 2 aliphatic heterocycles. The van der Waals surface area contributed by atoms with Gasteiger partial charge < -0.3 is 28.8 Å². The molecule has 0 spiro atoms. The van der Waals surface area contributed by atoms with Gasteiger partial charge in [-0.3, -0.25) is 4.79 Å². The molecular formula is C31H44F2O7. The number of carbonyl (C=O) groups excluding carboxylic acids is 1. The fourth-order valence-corrected chi connectivity index (χ4v) is 5.97. The Balaban J connectivity index is 1.35. The first-order chi connectivity index (χ1) is 19.3. The van der Waals surface area contributed by atoms with Crippen molar-refractivity contribution in [1.82, 2.24) is 0 Å². The highest BCUT2D eigenvalue weighted by molar-refractivity contribution is 5.69. The highest BCUT2D eigenvalue weighted by Gasteiger charge is 2.43. The summed E-state index contributed by atoms with van der Waals surface area (Å²) in [7, 11) is 0. The van der Waals surface area contributed by atoms with Gasteiger partial charge in [0.2, 0.25) is 0 Å². The van der Waals surface area contributed by atoms with Gasteiger partial charge in [-0.1, -0.05) is 12.2 Å². The zero-order chi connectivity index (χ0) is 28.5. The van der Waals surface area contributed by atoms with E-state index in [-0.39, 0.29) is 42.4 Å². The molecule has 3 fully saturated rings. The van der Waals surface area contributed by atoms with Crippen LogP contribution in [0.3, 0.4) is 0 Å². The zero-order valence-corrected chi connectivity index (χ0v) is 23.6. The van der Waals surface area contributed by atoms with Crippen LogP contribution >= 0.6 is 0 Å². The van der Waals surface area contributed by atoms with Crippen LogP contribution < -0.4 is 4.74 Å². The van der Waals surface area contributed by atoms with E-state index in [9.17, 15) is 18.7 Å². The molecule has 2 heterocycles. The molecule has 224 valence electrons. The quantitative estimate of drug-likeness (QED) is 0.256. The summed E-state index contributed by atoms with van der Waals surface area (Å²) in [5.41, 5.74) is 0. The van der Waals surface area contributed by atoms with Crippen LogP contribution in [0, 0.1) is 29.4 Å². The summed E-state index contributed by atoms with van der Waals surface area (Å²) < 4.78 is 56.7. The Labute approximate surface area is 236 Å². The summed E-state index contributed by atoms with van der Waals surface area (Å²) in [6, 6.07) is 3.10. The molecule has 1 aliphatic carbocycles. The molecule has 1 saturated carbocycles. The molecular weight excluding hydrogens is 522 g/mol. The van der Waals surface area contributed by atoms with Crippen molar-refractivity contribution in [3.8, 4) is 5.75 Å². The summed E-state index contributed by atoms with van der Waals surface area (Å²) >= 11 is 0. The van der Waals surface area contributed by atoms with E-state index in [0.717, 1.165) is 63.1 Å². The van der Waals surface area contributed by atoms with E-state index in [1.807, 2.05) is 26.0 Å². The second-order valence-corrected chi connectivity index (χ2v) is 11.5. The van der Waals surface area contributed by atoms with Crippen molar-refractivity contribution in [2.45, 2.75) is 102 Å². The fourth-order valence-electron chi connectivity index (χ4n) is 5.97. The van der Waals surface area contributed by atoms with E-state index in [0.29, 0.717) is 32.0 Å². The Bertz CT molecular complexity index is 965. The molecule has 7 atom stereocenters. The largest absolute Gasteiger partial charge is 0.487 e. The number of esters is 1. The van der Waals surface area contributed by atoms with Gasteiger partial charge in [0.1, 0.15) is 18.5 Å². The summed E-state index contributed by atoms with van der Waals surface area (Å²) in [6.45, 7) is 4.92. The predicted octanol–water partition coefficient (Wildman–Crippen LogP) is 5.73. The van der Waals surface area contributed by atoms with Crippen molar-refractivity contribution in [3.63, 3.8) is 0 Å². The van der Waals surface area contributed by atoms with E-state index in [2.05, 4.69) is 0 Å². The van der Waals surface area contributed by atoms with Crippen LogP contribution in [0.1, 0.15) is 71.6 Å². The lowest BCUT2D eigenvalue weighted by atomic mass is 9.86. The number of aliphatic hydroxyl groups excluding tert-OH is 1. The van der Waals surface area contributed by atoms with Crippen molar-refractivity contribution >= 4 is 5.97 Å². The topological polar surface area (TPSA) is 83.5 Å². The van der Waals surface area contributed by atoms with E-state index in [1.54, 1.807) is 0 Å². The van der Waals surface area contributed by atoms with Crippen molar-refractivity contribution in [3.05, 3.63) is 42.0 Å². The van der Waals surface area contributed by atoms with E-state index in [4.69, 9.17) is 23.7 Å². The molecule has 9 heteroatoms. The molecule has 4 rings (SSSR count). The number of benzene rings is 1. The number of aliphatic hydroxyl groups is 1. The number of hydrogen-bond donors (Lipinski definition) is 1. The van der Waals surface area contributed by atoms with E-state index in [1.165, 1.54) is 0 Å². The van der Waals surface area contributed by atoms with Crippen LogP contribution in [0.4, 0.5) is 8.78 Å². The first-order valence-corrected chi connectivity index (χ1v) is 14.8. The normalized spacial score (nSPS) is 29.8. The van der Waals surface area contributed by atoms with Gasteiger partial charge in [-0.15, -0.1) is 0 Å². The second-order valence-electron chi connectivity index (χ2n) is 11.5. The predicted molar refractivity (Wildman–Crippen MR) is 145 cm³/mol. The Morgan fingerprint density at radius 2 is 2.02 bits per heavy atom. The third kappa shape index (κ3) is 9.23. The van der Waals surface area contributed by atoms with Crippen LogP contribution in [-0.2, 0) is 23.7 Å². The Morgan fingerprint density at radius 1 is 1.18 bits per heavy atom. The third-order valence-corrected chi connectivity index (χ3v) is 8.01. The van der Waals surface area contributed by atoms with Gasteiger partial charge in [-0.05, 0) is 82.8 Å². The average Bonchev–Trinajstić information content (AvgIpc) is 3.08. The zero-order valence-electron chi connectivity index (χ0n) is 23.6. The van der Waals surface area contributed by atoms with Gasteiger partial charge >= 0.3 is 5.97 Å². The molecule has 0 amide bonds. The van der Waals surface area contributed by atoms with Crippen LogP contribution in [0.5, 0.6) is 5.75 Å². The summed E-state index contributed by atoms with van der Waals surface area (Å²) in [5, 5.41) is 10.9. The maximum atomic E-state index is 14.1. The van der Waals surface area contributed by atoms with Crippen molar-refractivity contribution < 1.29 is 42.4 Å². The number of carbonyl (C=O) groups is 1. The molecule has 2 saturated heterocycles. The number of hydrogen-bond acceptors (Lipinski definition) is 7. The monoisotopic (exact) mass is 566 g/mol. The molecule has 40 heavy (non-hydrogen) atoms. The minimum absolute atomic E-state index is 0.0224. The average molecular weight is 567 g/mol. The van der Waals surface area contributed by atoms with E-state index < -0.39 is 30.1 Å². The van der Waals surface area contributed by atoms with Crippen LogP contribution in [0.15, 0.2) is 30.4 Å². The van der Waals surface area contributed by atoms with Crippen LogP contribution in [-0.4, -0.2) is 61.6 Å². The number of fused-ring (bicyclic) bond motifs is 1. The molecule has 0 radical (unpaired) electrons. The minimum atomic E-state index is -0.644. The standard InChI is InChI=1S/C31H44F2O7/c1-20(2)39-30(35)7-5-6-21-9-12-25-24(27(34)17-28(25)37-18-21)13-11-23(40-31-8-3-4-15-36-31)19-38-29-16-22(32)10-14-26(29)33/h10-11,13-14,16,20-21,23-25,27-28,31,34H,3-9,12,15,17-19H2,1-2H3/b13-11+/t21-,23+,24+,25+,27-,28-,31?/m0/s1. The first-order valence-electron chi connectivity index (χ1n) is 14.8. The maximum Gasteiger partial charge on any atom is 0.306 e. The summed E-state index contributed by atoms with van der Waals surface area (Å²) in [6.07, 6.45) is 9.45.